The van der Waals surface area contributed by atoms with Crippen LogP contribution in [0.15, 0.2) is 42.5 Å². The van der Waals surface area contributed by atoms with E-state index in [4.69, 9.17) is 4.74 Å². The van der Waals surface area contributed by atoms with E-state index in [0.29, 0.717) is 19.3 Å². The number of rotatable bonds is 6. The third-order valence-electron chi connectivity index (χ3n) is 4.66. The zero-order chi connectivity index (χ0) is 18.5. The minimum atomic E-state index is -0.0385. The summed E-state index contributed by atoms with van der Waals surface area (Å²) in [5.41, 5.74) is 3.75. The first kappa shape index (κ1) is 18.0. The molecule has 0 radical (unpaired) electrons. The van der Waals surface area contributed by atoms with Gasteiger partial charge in [-0.05, 0) is 55.2 Å². The van der Waals surface area contributed by atoms with Gasteiger partial charge in [0.2, 0.25) is 11.8 Å². The molecule has 0 saturated carbocycles. The molecule has 2 aromatic carbocycles. The molecular formula is C21H24N2O3. The van der Waals surface area contributed by atoms with Crippen LogP contribution < -0.4 is 15.0 Å². The minimum absolute atomic E-state index is 0.0385. The molecule has 1 aliphatic rings. The Kier molecular flexibility index (Phi) is 5.56. The highest BCUT2D eigenvalue weighted by molar-refractivity contribution is 5.97. The first-order valence-electron chi connectivity index (χ1n) is 8.90. The van der Waals surface area contributed by atoms with Gasteiger partial charge in [0.15, 0.2) is 0 Å². The topological polar surface area (TPSA) is 58.6 Å². The largest absolute Gasteiger partial charge is 0.497 e. The van der Waals surface area contributed by atoms with E-state index in [2.05, 4.69) is 5.32 Å². The van der Waals surface area contributed by atoms with Crippen LogP contribution in [0.1, 0.15) is 30.4 Å². The number of ether oxygens (including phenoxy) is 1. The average molecular weight is 352 g/mol. The third kappa shape index (κ3) is 4.23. The zero-order valence-corrected chi connectivity index (χ0v) is 15.2. The van der Waals surface area contributed by atoms with E-state index in [-0.39, 0.29) is 11.8 Å². The predicted octanol–water partition coefficient (Wildman–Crippen LogP) is 3.70. The van der Waals surface area contributed by atoms with Gasteiger partial charge in [-0.3, -0.25) is 9.59 Å². The molecule has 1 saturated heterocycles. The van der Waals surface area contributed by atoms with Crippen molar-refractivity contribution in [1.82, 2.24) is 0 Å². The van der Waals surface area contributed by atoms with Crippen LogP contribution in [-0.4, -0.2) is 25.5 Å². The van der Waals surface area contributed by atoms with Crippen molar-refractivity contribution in [3.8, 4) is 5.75 Å². The van der Waals surface area contributed by atoms with E-state index in [1.54, 1.807) is 7.11 Å². The van der Waals surface area contributed by atoms with Gasteiger partial charge in [-0.25, -0.2) is 0 Å². The van der Waals surface area contributed by atoms with Gasteiger partial charge < -0.3 is 15.0 Å². The number of anilines is 2. The molecule has 1 fully saturated rings. The summed E-state index contributed by atoms with van der Waals surface area (Å²) in [5.74, 6) is 0.918. The van der Waals surface area contributed by atoms with E-state index in [1.165, 1.54) is 0 Å². The Morgan fingerprint density at radius 1 is 1.19 bits per heavy atom. The summed E-state index contributed by atoms with van der Waals surface area (Å²) in [6.45, 7) is 2.73. The lowest BCUT2D eigenvalue weighted by molar-refractivity contribution is -0.117. The summed E-state index contributed by atoms with van der Waals surface area (Å²) in [4.78, 5) is 26.1. The Hall–Kier alpha value is -2.82. The molecule has 0 unspecified atom stereocenters. The number of methoxy groups -OCH3 is 1. The molecule has 2 aromatic rings. The van der Waals surface area contributed by atoms with Gasteiger partial charge in [-0.1, -0.05) is 18.2 Å². The summed E-state index contributed by atoms with van der Waals surface area (Å²) < 4.78 is 5.14. The van der Waals surface area contributed by atoms with Crippen LogP contribution in [-0.2, 0) is 16.0 Å². The van der Waals surface area contributed by atoms with Crippen molar-refractivity contribution < 1.29 is 14.3 Å². The molecule has 0 aromatic heterocycles. The second-order valence-corrected chi connectivity index (χ2v) is 6.55. The van der Waals surface area contributed by atoms with E-state index in [0.717, 1.165) is 41.2 Å². The molecule has 1 heterocycles. The van der Waals surface area contributed by atoms with E-state index in [9.17, 15) is 9.59 Å². The third-order valence-corrected chi connectivity index (χ3v) is 4.66. The number of aryl methyl sites for hydroxylation is 2. The van der Waals surface area contributed by atoms with Gasteiger partial charge in [0.1, 0.15) is 5.75 Å². The molecule has 26 heavy (non-hydrogen) atoms. The maximum absolute atomic E-state index is 12.3. The standard InChI is InChI=1S/C21H24N2O3/c1-15-5-9-17(14-19(15)23-13-3-4-21(23)25)22-20(24)12-8-16-6-10-18(26-2)11-7-16/h5-7,9-11,14H,3-4,8,12-13H2,1-2H3,(H,22,24). The number of hydrogen-bond acceptors (Lipinski definition) is 3. The molecule has 2 amide bonds. The summed E-state index contributed by atoms with van der Waals surface area (Å²) in [7, 11) is 1.63. The van der Waals surface area contributed by atoms with Crippen molar-refractivity contribution in [3.63, 3.8) is 0 Å². The normalized spacial score (nSPS) is 13.8. The lowest BCUT2D eigenvalue weighted by Crippen LogP contribution is -2.24. The lowest BCUT2D eigenvalue weighted by Gasteiger charge is -2.19. The molecule has 136 valence electrons. The number of hydrogen-bond donors (Lipinski definition) is 1. The molecule has 1 aliphatic heterocycles. The molecule has 5 nitrogen and oxygen atoms in total. The quantitative estimate of drug-likeness (QED) is 0.862. The second kappa shape index (κ2) is 8.04. The fraction of sp³-hybridized carbons (Fsp3) is 0.333. The van der Waals surface area contributed by atoms with Gasteiger partial charge in [-0.2, -0.15) is 0 Å². The lowest BCUT2D eigenvalue weighted by atomic mass is 10.1. The van der Waals surface area contributed by atoms with Crippen molar-refractivity contribution in [2.45, 2.75) is 32.6 Å². The molecule has 0 atom stereocenters. The number of carbonyl (C=O) groups excluding carboxylic acids is 2. The fourth-order valence-electron chi connectivity index (χ4n) is 3.15. The van der Waals surface area contributed by atoms with Gasteiger partial charge >= 0.3 is 0 Å². The van der Waals surface area contributed by atoms with Crippen molar-refractivity contribution >= 4 is 23.2 Å². The molecule has 1 N–H and O–H groups in total. The fourth-order valence-corrected chi connectivity index (χ4v) is 3.15. The Balaban J connectivity index is 1.61. The van der Waals surface area contributed by atoms with E-state index < -0.39 is 0 Å². The SMILES string of the molecule is COc1ccc(CCC(=O)Nc2ccc(C)c(N3CCCC3=O)c2)cc1. The summed E-state index contributed by atoms with van der Waals surface area (Å²) in [6, 6.07) is 13.4. The summed E-state index contributed by atoms with van der Waals surface area (Å²) >= 11 is 0. The predicted molar refractivity (Wildman–Crippen MR) is 103 cm³/mol. The molecule has 3 rings (SSSR count). The van der Waals surface area contributed by atoms with Crippen LogP contribution in [0, 0.1) is 6.92 Å². The second-order valence-electron chi connectivity index (χ2n) is 6.55. The first-order valence-corrected chi connectivity index (χ1v) is 8.90. The van der Waals surface area contributed by atoms with E-state index in [1.807, 2.05) is 54.3 Å². The Labute approximate surface area is 154 Å². The van der Waals surface area contributed by atoms with Crippen molar-refractivity contribution in [3.05, 3.63) is 53.6 Å². The van der Waals surface area contributed by atoms with Crippen LogP contribution in [0.3, 0.4) is 0 Å². The van der Waals surface area contributed by atoms with Gasteiger partial charge in [0.25, 0.3) is 0 Å². The molecule has 0 spiro atoms. The number of nitrogens with zero attached hydrogens (tertiary/aromatic N) is 1. The molecule has 5 heteroatoms. The van der Waals surface area contributed by atoms with Gasteiger partial charge in [0, 0.05) is 30.8 Å². The smallest absolute Gasteiger partial charge is 0.227 e. The van der Waals surface area contributed by atoms with Crippen LogP contribution in [0.2, 0.25) is 0 Å². The average Bonchev–Trinajstić information content (AvgIpc) is 3.08. The highest BCUT2D eigenvalue weighted by atomic mass is 16.5. The van der Waals surface area contributed by atoms with Crippen LogP contribution >= 0.6 is 0 Å². The molecule has 0 aliphatic carbocycles. The number of nitrogens with one attached hydrogen (secondary N) is 1. The minimum Gasteiger partial charge on any atom is -0.497 e. The molecule has 0 bridgehead atoms. The van der Waals surface area contributed by atoms with Crippen LogP contribution in [0.25, 0.3) is 0 Å². The van der Waals surface area contributed by atoms with Gasteiger partial charge in [-0.15, -0.1) is 0 Å². The highest BCUT2D eigenvalue weighted by Crippen LogP contribution is 2.28. The summed E-state index contributed by atoms with van der Waals surface area (Å²) in [5, 5.41) is 2.94. The first-order chi connectivity index (χ1) is 12.6. The number of benzene rings is 2. The Morgan fingerprint density at radius 3 is 2.62 bits per heavy atom. The molecular weight excluding hydrogens is 328 g/mol. The van der Waals surface area contributed by atoms with Crippen molar-refractivity contribution in [2.75, 3.05) is 23.9 Å². The van der Waals surface area contributed by atoms with Crippen LogP contribution in [0.4, 0.5) is 11.4 Å². The van der Waals surface area contributed by atoms with Crippen molar-refractivity contribution in [1.29, 1.82) is 0 Å². The Bertz CT molecular complexity index is 799. The number of carbonyl (C=O) groups is 2. The highest BCUT2D eigenvalue weighted by Gasteiger charge is 2.23. The van der Waals surface area contributed by atoms with Gasteiger partial charge in [0.05, 0.1) is 7.11 Å². The van der Waals surface area contributed by atoms with Crippen molar-refractivity contribution in [2.24, 2.45) is 0 Å². The summed E-state index contributed by atoms with van der Waals surface area (Å²) in [6.07, 6.45) is 2.55. The van der Waals surface area contributed by atoms with Crippen LogP contribution in [0.5, 0.6) is 5.75 Å². The maximum Gasteiger partial charge on any atom is 0.227 e. The monoisotopic (exact) mass is 352 g/mol. The maximum atomic E-state index is 12.3. The van der Waals surface area contributed by atoms with E-state index >= 15 is 0 Å². The number of amides is 2. The zero-order valence-electron chi connectivity index (χ0n) is 15.2. The Morgan fingerprint density at radius 2 is 1.96 bits per heavy atom.